The van der Waals surface area contributed by atoms with Crippen LogP contribution in [0.2, 0.25) is 34.8 Å². The van der Waals surface area contributed by atoms with Gasteiger partial charge in [-0.1, -0.05) is 130 Å². The van der Waals surface area contributed by atoms with Crippen molar-refractivity contribution < 1.29 is 8.85 Å². The van der Waals surface area contributed by atoms with E-state index >= 15 is 0 Å². The maximum atomic E-state index is 7.21. The first-order valence-corrected chi connectivity index (χ1v) is 20.3. The summed E-state index contributed by atoms with van der Waals surface area (Å²) in [4.78, 5) is 0. The first-order chi connectivity index (χ1) is 18.2. The van der Waals surface area contributed by atoms with Crippen molar-refractivity contribution in [3.05, 3.63) is 65.8 Å². The molecule has 1 aromatic rings. The van der Waals surface area contributed by atoms with Crippen LogP contribution in [-0.4, -0.2) is 28.8 Å². The third kappa shape index (κ3) is 9.98. The van der Waals surface area contributed by atoms with Gasteiger partial charge in [-0.25, -0.2) is 0 Å². The summed E-state index contributed by atoms with van der Waals surface area (Å²) < 4.78 is 14.1. The van der Waals surface area contributed by atoms with Crippen LogP contribution in [-0.2, 0) is 8.85 Å². The molecule has 0 amide bonds. The molecule has 0 aliphatic rings. The van der Waals surface area contributed by atoms with Crippen LogP contribution in [0.3, 0.4) is 0 Å². The molecule has 222 valence electrons. The highest BCUT2D eigenvalue weighted by atomic mass is 28.4. The summed E-state index contributed by atoms with van der Waals surface area (Å²) in [5.41, 5.74) is 5.17. The normalized spacial score (nSPS) is 15.9. The molecular formula is C35H62O2Si2. The molecule has 0 radical (unpaired) electrons. The number of hydrogen-bond donors (Lipinski definition) is 0. The van der Waals surface area contributed by atoms with Gasteiger partial charge in [-0.3, -0.25) is 0 Å². The second kappa shape index (κ2) is 16.3. The molecule has 0 aromatic heterocycles. The Morgan fingerprint density at radius 3 is 1.87 bits per heavy atom. The number of allylic oxidation sites excluding steroid dienone is 2. The van der Waals surface area contributed by atoms with E-state index < -0.39 is 16.6 Å². The number of hydrogen-bond acceptors (Lipinski definition) is 2. The predicted molar refractivity (Wildman–Crippen MR) is 180 cm³/mol. The van der Waals surface area contributed by atoms with Crippen LogP contribution < -0.4 is 0 Å². The molecule has 0 aliphatic carbocycles. The Hall–Kier alpha value is -1.21. The van der Waals surface area contributed by atoms with Gasteiger partial charge in [0.2, 0.25) is 0 Å². The first-order valence-electron chi connectivity index (χ1n) is 15.6. The zero-order valence-corrected chi connectivity index (χ0v) is 29.7. The van der Waals surface area contributed by atoms with Gasteiger partial charge < -0.3 is 8.85 Å². The van der Waals surface area contributed by atoms with Gasteiger partial charge in [-0.15, -0.1) is 0 Å². The lowest BCUT2D eigenvalue weighted by atomic mass is 9.90. The Morgan fingerprint density at radius 1 is 0.897 bits per heavy atom. The smallest absolute Gasteiger partial charge is 0.200 e. The molecule has 1 rings (SSSR count). The summed E-state index contributed by atoms with van der Waals surface area (Å²) in [6.07, 6.45) is 8.63. The van der Waals surface area contributed by atoms with E-state index in [2.05, 4.69) is 138 Å². The molecule has 0 heterocycles. The quantitative estimate of drug-likeness (QED) is 0.129. The molecule has 0 saturated carbocycles. The molecule has 0 fully saturated rings. The van der Waals surface area contributed by atoms with Crippen molar-refractivity contribution in [3.8, 4) is 0 Å². The maximum Gasteiger partial charge on any atom is 0.200 e. The van der Waals surface area contributed by atoms with E-state index in [-0.39, 0.29) is 5.60 Å². The predicted octanol–water partition coefficient (Wildman–Crippen LogP) is 11.6. The van der Waals surface area contributed by atoms with Crippen molar-refractivity contribution in [2.75, 3.05) is 6.61 Å². The molecule has 4 heteroatoms. The molecule has 0 spiro atoms. The lowest BCUT2D eigenvalue weighted by Crippen LogP contribution is -2.48. The molecular weight excluding hydrogens is 509 g/mol. The minimum absolute atomic E-state index is 0.336. The lowest BCUT2D eigenvalue weighted by Gasteiger charge is -2.43. The Balaban J connectivity index is 3.11. The van der Waals surface area contributed by atoms with E-state index in [0.717, 1.165) is 37.6 Å². The summed E-state index contributed by atoms with van der Waals surface area (Å²) in [5.74, 6) is 0.435. The molecule has 0 aliphatic heterocycles. The average molecular weight is 571 g/mol. The Bertz CT molecular complexity index is 882. The minimum Gasteiger partial charge on any atom is -0.416 e. The fraction of sp³-hybridized carbons (Fsp3) is 0.657. The van der Waals surface area contributed by atoms with Crippen molar-refractivity contribution in [2.24, 2.45) is 5.92 Å². The van der Waals surface area contributed by atoms with E-state index in [0.29, 0.717) is 22.5 Å². The van der Waals surface area contributed by atoms with E-state index in [1.165, 1.54) is 16.7 Å². The van der Waals surface area contributed by atoms with Crippen LogP contribution in [0.4, 0.5) is 0 Å². The van der Waals surface area contributed by atoms with Crippen molar-refractivity contribution in [3.63, 3.8) is 0 Å². The topological polar surface area (TPSA) is 18.5 Å². The highest BCUT2D eigenvalue weighted by Crippen LogP contribution is 2.42. The van der Waals surface area contributed by atoms with Crippen LogP contribution in [0.5, 0.6) is 0 Å². The van der Waals surface area contributed by atoms with E-state index in [9.17, 15) is 0 Å². The van der Waals surface area contributed by atoms with Gasteiger partial charge in [0.25, 0.3) is 0 Å². The average Bonchev–Trinajstić information content (AvgIpc) is 2.87. The third-order valence-corrected chi connectivity index (χ3v) is 20.0. The van der Waals surface area contributed by atoms with Crippen molar-refractivity contribution in [1.29, 1.82) is 0 Å². The van der Waals surface area contributed by atoms with Crippen molar-refractivity contribution in [1.82, 2.24) is 0 Å². The summed E-state index contributed by atoms with van der Waals surface area (Å²) >= 11 is 0. The third-order valence-electron chi connectivity index (χ3n) is 9.18. The summed E-state index contributed by atoms with van der Waals surface area (Å²) in [7, 11) is -3.67. The monoisotopic (exact) mass is 570 g/mol. The minimum atomic E-state index is -1.85. The van der Waals surface area contributed by atoms with Crippen LogP contribution in [0, 0.1) is 5.92 Å². The van der Waals surface area contributed by atoms with Gasteiger partial charge >= 0.3 is 0 Å². The zero-order valence-electron chi connectivity index (χ0n) is 27.7. The van der Waals surface area contributed by atoms with Gasteiger partial charge in [0, 0.05) is 6.61 Å². The standard InChI is InChI=1S/C35H62O2Si2/c1-14-38(15-2,16-3)37-35(13,24-20-23-34-21-18-17-19-22-34)33(12)26-31(10)25-32(11)27-36-39(28(4)5,29(6)7)30(8)9/h17-23,26,28-30,32H,10,14-16,24-25,27H2,1-9,11-13H3/b23-20-,33-26+/t32-,35-/m1/s1. The molecule has 0 N–H and O–H groups in total. The molecule has 2 atom stereocenters. The summed E-state index contributed by atoms with van der Waals surface area (Å²) in [5, 5.41) is 0. The van der Waals surface area contributed by atoms with Crippen LogP contribution >= 0.6 is 0 Å². The van der Waals surface area contributed by atoms with E-state index in [1.54, 1.807) is 0 Å². The summed E-state index contributed by atoms with van der Waals surface area (Å²) in [6, 6.07) is 14.0. The van der Waals surface area contributed by atoms with Crippen molar-refractivity contribution in [2.45, 2.75) is 136 Å². The highest BCUT2D eigenvalue weighted by Gasteiger charge is 2.45. The van der Waals surface area contributed by atoms with E-state index in [1.807, 2.05) is 0 Å². The largest absolute Gasteiger partial charge is 0.416 e. The van der Waals surface area contributed by atoms with Gasteiger partial charge in [0.15, 0.2) is 16.6 Å². The van der Waals surface area contributed by atoms with Crippen LogP contribution in [0.25, 0.3) is 6.08 Å². The van der Waals surface area contributed by atoms with Crippen LogP contribution in [0.15, 0.2) is 60.2 Å². The Labute approximate surface area is 245 Å². The van der Waals surface area contributed by atoms with E-state index in [4.69, 9.17) is 8.85 Å². The van der Waals surface area contributed by atoms with Gasteiger partial charge in [-0.05, 0) is 78.5 Å². The molecule has 39 heavy (non-hydrogen) atoms. The van der Waals surface area contributed by atoms with Gasteiger partial charge in [-0.2, -0.15) is 0 Å². The highest BCUT2D eigenvalue weighted by molar-refractivity contribution is 6.77. The van der Waals surface area contributed by atoms with Gasteiger partial charge in [0.1, 0.15) is 0 Å². The second-order valence-corrected chi connectivity index (χ2v) is 23.2. The lowest BCUT2D eigenvalue weighted by molar-refractivity contribution is 0.116. The first kappa shape index (κ1) is 35.8. The fourth-order valence-electron chi connectivity index (χ4n) is 6.52. The number of benzene rings is 1. The summed E-state index contributed by atoms with van der Waals surface area (Å²) in [6.45, 7) is 33.3. The van der Waals surface area contributed by atoms with Gasteiger partial charge in [0.05, 0.1) is 5.60 Å². The molecule has 1 aromatic carbocycles. The molecule has 0 saturated heterocycles. The second-order valence-electron chi connectivity index (χ2n) is 13.0. The Kier molecular flexibility index (Phi) is 15.0. The molecule has 0 unspecified atom stereocenters. The Morgan fingerprint density at radius 2 is 1.41 bits per heavy atom. The molecule has 0 bridgehead atoms. The SMILES string of the molecule is C=C(/C=C(\C)[C@@](C)(C/C=C\c1ccccc1)O[Si](CC)(CC)CC)C[C@@H](C)CO[Si](C(C)C)(C(C)C)C(C)C. The number of rotatable bonds is 18. The van der Waals surface area contributed by atoms with Crippen molar-refractivity contribution >= 4 is 22.7 Å². The zero-order chi connectivity index (χ0) is 29.9. The maximum absolute atomic E-state index is 7.21. The molecule has 2 nitrogen and oxygen atoms in total. The fourth-order valence-corrected chi connectivity index (χ4v) is 15.2. The van der Waals surface area contributed by atoms with Crippen LogP contribution in [0.1, 0.15) is 101 Å².